The van der Waals surface area contributed by atoms with Crippen LogP contribution >= 0.6 is 11.8 Å². The van der Waals surface area contributed by atoms with Crippen LogP contribution in [-0.2, 0) is 4.79 Å². The molecule has 3 nitrogen and oxygen atoms in total. The molecule has 0 aliphatic heterocycles. The van der Waals surface area contributed by atoms with Crippen molar-refractivity contribution in [1.82, 2.24) is 4.98 Å². The summed E-state index contributed by atoms with van der Waals surface area (Å²) in [5, 5.41) is 0.0649. The van der Waals surface area contributed by atoms with E-state index < -0.39 is 0 Å². The molecule has 13 heavy (non-hydrogen) atoms. The van der Waals surface area contributed by atoms with E-state index in [0.717, 1.165) is 10.5 Å². The summed E-state index contributed by atoms with van der Waals surface area (Å²) in [6.07, 6.45) is 1.65. The summed E-state index contributed by atoms with van der Waals surface area (Å²) >= 11 is 1.19. The Balaban J connectivity index is 2.91. The van der Waals surface area contributed by atoms with E-state index in [1.54, 1.807) is 13.3 Å². The molecule has 1 aromatic heterocycles. The topological polar surface area (TPSA) is 39.2 Å². The van der Waals surface area contributed by atoms with Crippen LogP contribution in [0, 0.1) is 6.92 Å². The van der Waals surface area contributed by atoms with Gasteiger partial charge in [0.15, 0.2) is 5.12 Å². The maximum Gasteiger partial charge on any atom is 0.213 e. The van der Waals surface area contributed by atoms with Gasteiger partial charge in [0.1, 0.15) is 0 Å². The van der Waals surface area contributed by atoms with Gasteiger partial charge in [-0.25, -0.2) is 4.98 Å². The van der Waals surface area contributed by atoms with Crippen molar-refractivity contribution in [3.63, 3.8) is 0 Å². The highest BCUT2D eigenvalue weighted by Crippen LogP contribution is 2.24. The van der Waals surface area contributed by atoms with Gasteiger partial charge < -0.3 is 4.74 Å². The van der Waals surface area contributed by atoms with Crippen molar-refractivity contribution in [2.24, 2.45) is 0 Å². The van der Waals surface area contributed by atoms with Gasteiger partial charge in [-0.05, 0) is 12.5 Å². The number of hydrogen-bond donors (Lipinski definition) is 0. The van der Waals surface area contributed by atoms with Crippen LogP contribution in [0.1, 0.15) is 12.5 Å². The van der Waals surface area contributed by atoms with E-state index in [1.807, 2.05) is 13.0 Å². The lowest BCUT2D eigenvalue weighted by atomic mass is 10.3. The number of ether oxygens (including phenoxy) is 1. The zero-order chi connectivity index (χ0) is 9.84. The number of carbonyl (C=O) groups excluding carboxylic acids is 1. The number of hydrogen-bond acceptors (Lipinski definition) is 4. The van der Waals surface area contributed by atoms with Crippen LogP contribution in [0.25, 0.3) is 0 Å². The van der Waals surface area contributed by atoms with Crippen LogP contribution in [0.5, 0.6) is 5.88 Å². The monoisotopic (exact) mass is 197 g/mol. The van der Waals surface area contributed by atoms with E-state index in [4.69, 9.17) is 4.74 Å². The molecule has 0 aromatic carbocycles. The molecule has 0 saturated heterocycles. The van der Waals surface area contributed by atoms with Gasteiger partial charge in [0.25, 0.3) is 0 Å². The molecule has 0 atom stereocenters. The molecule has 0 spiro atoms. The van der Waals surface area contributed by atoms with Crippen molar-refractivity contribution in [2.75, 3.05) is 7.11 Å². The lowest BCUT2D eigenvalue weighted by molar-refractivity contribution is -0.109. The van der Waals surface area contributed by atoms with Crippen LogP contribution < -0.4 is 4.74 Å². The van der Waals surface area contributed by atoms with Gasteiger partial charge in [-0.15, -0.1) is 0 Å². The fourth-order valence-corrected chi connectivity index (χ4v) is 1.53. The SMILES string of the molecule is COc1cc(C)c(SC(C)=O)cn1. The lowest BCUT2D eigenvalue weighted by Crippen LogP contribution is -1.91. The number of nitrogens with zero attached hydrogens (tertiary/aromatic N) is 1. The molecule has 4 heteroatoms. The molecule has 0 unspecified atom stereocenters. The highest BCUT2D eigenvalue weighted by atomic mass is 32.2. The van der Waals surface area contributed by atoms with Crippen LogP contribution in [-0.4, -0.2) is 17.2 Å². The summed E-state index contributed by atoms with van der Waals surface area (Å²) in [7, 11) is 1.57. The number of pyridine rings is 1. The second-order valence-electron chi connectivity index (χ2n) is 2.59. The van der Waals surface area contributed by atoms with Crippen molar-refractivity contribution >= 4 is 16.9 Å². The summed E-state index contributed by atoms with van der Waals surface area (Å²) in [5.41, 5.74) is 1.01. The molecule has 0 bridgehead atoms. The Bertz CT molecular complexity index is 325. The highest BCUT2D eigenvalue weighted by Gasteiger charge is 2.04. The first-order valence-electron chi connectivity index (χ1n) is 3.82. The Morgan fingerprint density at radius 1 is 1.62 bits per heavy atom. The predicted molar refractivity (Wildman–Crippen MR) is 52.1 cm³/mol. The number of rotatable bonds is 2. The molecule has 1 rings (SSSR count). The second kappa shape index (κ2) is 4.28. The Kier molecular flexibility index (Phi) is 3.31. The Morgan fingerprint density at radius 3 is 2.77 bits per heavy atom. The van der Waals surface area contributed by atoms with Gasteiger partial charge >= 0.3 is 0 Å². The van der Waals surface area contributed by atoms with Gasteiger partial charge in [0, 0.05) is 24.1 Å². The molecule has 0 fully saturated rings. The van der Waals surface area contributed by atoms with E-state index in [9.17, 15) is 4.79 Å². The van der Waals surface area contributed by atoms with Crippen LogP contribution in [0.4, 0.5) is 0 Å². The number of methoxy groups -OCH3 is 1. The van der Waals surface area contributed by atoms with E-state index >= 15 is 0 Å². The first-order valence-corrected chi connectivity index (χ1v) is 4.64. The standard InChI is InChI=1S/C9H11NO2S/c1-6-4-9(12-3)10-5-8(6)13-7(2)11/h4-5H,1-3H3. The number of aromatic nitrogens is 1. The first kappa shape index (κ1) is 10.1. The number of thioether (sulfide) groups is 1. The van der Waals surface area contributed by atoms with Crippen molar-refractivity contribution in [3.05, 3.63) is 17.8 Å². The maximum atomic E-state index is 10.8. The molecule has 1 heterocycles. The normalized spacial score (nSPS) is 9.77. The summed E-state index contributed by atoms with van der Waals surface area (Å²) < 4.78 is 4.95. The smallest absolute Gasteiger partial charge is 0.213 e. The van der Waals surface area contributed by atoms with Crippen LogP contribution in [0.15, 0.2) is 17.2 Å². The Hall–Kier alpha value is -1.03. The van der Waals surface area contributed by atoms with E-state index in [2.05, 4.69) is 4.98 Å². The average Bonchev–Trinajstić information content (AvgIpc) is 2.08. The predicted octanol–water partition coefficient (Wildman–Crippen LogP) is 2.04. The van der Waals surface area contributed by atoms with Gasteiger partial charge in [-0.2, -0.15) is 0 Å². The minimum atomic E-state index is 0.0649. The van der Waals surface area contributed by atoms with Gasteiger partial charge in [0.05, 0.1) is 7.11 Å². The average molecular weight is 197 g/mol. The summed E-state index contributed by atoms with van der Waals surface area (Å²) in [6.45, 7) is 3.46. The van der Waals surface area contributed by atoms with Crippen molar-refractivity contribution in [2.45, 2.75) is 18.7 Å². The molecular weight excluding hydrogens is 186 g/mol. The third-order valence-corrected chi connectivity index (χ3v) is 2.44. The highest BCUT2D eigenvalue weighted by molar-refractivity contribution is 8.13. The minimum absolute atomic E-state index is 0.0649. The van der Waals surface area contributed by atoms with E-state index in [-0.39, 0.29) is 5.12 Å². The third kappa shape index (κ3) is 2.73. The van der Waals surface area contributed by atoms with E-state index in [0.29, 0.717) is 5.88 Å². The van der Waals surface area contributed by atoms with Crippen LogP contribution in [0.2, 0.25) is 0 Å². The van der Waals surface area contributed by atoms with Crippen molar-refractivity contribution in [3.8, 4) is 5.88 Å². The van der Waals surface area contributed by atoms with Gasteiger partial charge in [-0.1, -0.05) is 11.8 Å². The fraction of sp³-hybridized carbons (Fsp3) is 0.333. The molecule has 0 aliphatic carbocycles. The Morgan fingerprint density at radius 2 is 2.31 bits per heavy atom. The summed E-state index contributed by atoms with van der Waals surface area (Å²) in [6, 6.07) is 1.81. The number of aryl methyl sites for hydroxylation is 1. The zero-order valence-corrected chi connectivity index (χ0v) is 8.64. The summed E-state index contributed by atoms with van der Waals surface area (Å²) in [4.78, 5) is 15.7. The summed E-state index contributed by atoms with van der Waals surface area (Å²) in [5.74, 6) is 0.574. The van der Waals surface area contributed by atoms with Crippen molar-refractivity contribution < 1.29 is 9.53 Å². The molecular formula is C9H11NO2S. The molecule has 70 valence electrons. The lowest BCUT2D eigenvalue weighted by Gasteiger charge is -2.04. The molecule has 0 aliphatic rings. The third-order valence-electron chi connectivity index (χ3n) is 1.50. The van der Waals surface area contributed by atoms with Gasteiger partial charge in [0.2, 0.25) is 5.88 Å². The fourth-order valence-electron chi connectivity index (χ4n) is 0.891. The van der Waals surface area contributed by atoms with Crippen LogP contribution in [0.3, 0.4) is 0 Å². The first-order chi connectivity index (χ1) is 6.13. The molecule has 0 N–H and O–H groups in total. The largest absolute Gasteiger partial charge is 0.481 e. The minimum Gasteiger partial charge on any atom is -0.481 e. The maximum absolute atomic E-state index is 10.8. The quantitative estimate of drug-likeness (QED) is 0.680. The zero-order valence-electron chi connectivity index (χ0n) is 7.83. The molecule has 0 radical (unpaired) electrons. The molecule has 0 saturated carbocycles. The number of carbonyl (C=O) groups is 1. The second-order valence-corrected chi connectivity index (χ2v) is 3.80. The molecule has 0 amide bonds. The van der Waals surface area contributed by atoms with Crippen molar-refractivity contribution in [1.29, 1.82) is 0 Å². The van der Waals surface area contributed by atoms with E-state index in [1.165, 1.54) is 18.7 Å². The molecule has 1 aromatic rings. The Labute approximate surface area is 81.5 Å². The van der Waals surface area contributed by atoms with Gasteiger partial charge in [-0.3, -0.25) is 4.79 Å².